The summed E-state index contributed by atoms with van der Waals surface area (Å²) >= 11 is 0. The van der Waals surface area contributed by atoms with Gasteiger partial charge in [-0.15, -0.1) is 0 Å². The van der Waals surface area contributed by atoms with Crippen LogP contribution in [0.1, 0.15) is 19.5 Å². The molecule has 6 heteroatoms. The van der Waals surface area contributed by atoms with E-state index < -0.39 is 0 Å². The van der Waals surface area contributed by atoms with Gasteiger partial charge in [0, 0.05) is 19.1 Å². The molecule has 17 heavy (non-hydrogen) atoms. The number of fused-ring (bicyclic) bond motifs is 1. The molecule has 0 aromatic carbocycles. The van der Waals surface area contributed by atoms with Gasteiger partial charge in [0.25, 0.3) is 5.71 Å². The van der Waals surface area contributed by atoms with Crippen LogP contribution in [-0.2, 0) is 0 Å². The maximum absolute atomic E-state index is 5.08. The molecule has 2 aromatic rings. The van der Waals surface area contributed by atoms with Crippen molar-refractivity contribution in [2.24, 2.45) is 0 Å². The van der Waals surface area contributed by atoms with Crippen LogP contribution in [-0.4, -0.2) is 34.3 Å². The van der Waals surface area contributed by atoms with Gasteiger partial charge in [-0.1, -0.05) is 19.0 Å². The zero-order valence-electron chi connectivity index (χ0n) is 10.3. The highest BCUT2D eigenvalue weighted by Crippen LogP contribution is 2.21. The highest BCUT2D eigenvalue weighted by Gasteiger charge is 2.10. The lowest BCUT2D eigenvalue weighted by Gasteiger charge is -2.09. The second-order valence-electron chi connectivity index (χ2n) is 4.21. The molecule has 0 fully saturated rings. The molecule has 0 spiro atoms. The number of rotatable bonds is 5. The Labute approximate surface area is 99.8 Å². The Hall–Kier alpha value is -1.69. The molecule has 2 heterocycles. The molecule has 0 aliphatic carbocycles. The van der Waals surface area contributed by atoms with Crippen LogP contribution in [0.25, 0.3) is 11.1 Å². The van der Waals surface area contributed by atoms with Crippen molar-refractivity contribution in [3.63, 3.8) is 0 Å². The lowest BCUT2D eigenvalue weighted by Crippen LogP contribution is -2.28. The first-order valence-corrected chi connectivity index (χ1v) is 5.72. The molecular weight excluding hydrogens is 218 g/mol. The van der Waals surface area contributed by atoms with E-state index in [1.54, 1.807) is 0 Å². The van der Waals surface area contributed by atoms with Crippen LogP contribution in [0.5, 0.6) is 0 Å². The predicted octanol–water partition coefficient (Wildman–Crippen LogP) is 1.34. The molecule has 0 saturated heterocycles. The normalized spacial score (nSPS) is 11.3. The van der Waals surface area contributed by atoms with Gasteiger partial charge in [0.1, 0.15) is 17.5 Å². The number of anilines is 1. The third-order valence-electron chi connectivity index (χ3n) is 2.41. The summed E-state index contributed by atoms with van der Waals surface area (Å²) < 4.78 is 5.08. The molecule has 0 saturated carbocycles. The van der Waals surface area contributed by atoms with Crippen LogP contribution >= 0.6 is 0 Å². The number of aryl methyl sites for hydroxylation is 1. The maximum Gasteiger partial charge on any atom is 0.263 e. The molecule has 2 N–H and O–H groups in total. The number of hydrogen-bond donors (Lipinski definition) is 2. The molecule has 0 bridgehead atoms. The van der Waals surface area contributed by atoms with E-state index in [9.17, 15) is 0 Å². The Morgan fingerprint density at radius 2 is 2.12 bits per heavy atom. The van der Waals surface area contributed by atoms with Gasteiger partial charge < -0.3 is 15.2 Å². The van der Waals surface area contributed by atoms with Crippen molar-refractivity contribution in [1.29, 1.82) is 0 Å². The zero-order valence-corrected chi connectivity index (χ0v) is 10.3. The topological polar surface area (TPSA) is 75.9 Å². The van der Waals surface area contributed by atoms with Crippen LogP contribution in [0, 0.1) is 6.92 Å². The minimum atomic E-state index is 0.486. The van der Waals surface area contributed by atoms with Gasteiger partial charge in [-0.3, -0.25) is 0 Å². The SMILES string of the molecule is Cc1noc2ncnc(NCCNC(C)C)c12. The van der Waals surface area contributed by atoms with E-state index >= 15 is 0 Å². The highest BCUT2D eigenvalue weighted by molar-refractivity contribution is 5.87. The van der Waals surface area contributed by atoms with Crippen LogP contribution < -0.4 is 10.6 Å². The molecule has 0 unspecified atom stereocenters. The first-order valence-electron chi connectivity index (χ1n) is 5.72. The van der Waals surface area contributed by atoms with Gasteiger partial charge in [0.05, 0.1) is 5.69 Å². The van der Waals surface area contributed by atoms with E-state index in [1.807, 2.05) is 6.92 Å². The maximum atomic E-state index is 5.08. The van der Waals surface area contributed by atoms with Crippen molar-refractivity contribution in [2.45, 2.75) is 26.8 Å². The standard InChI is InChI=1S/C11H17N5O/c1-7(2)12-4-5-13-10-9-8(3)16-17-11(9)15-6-14-10/h6-7,12H,4-5H2,1-3H3,(H,13,14,15). The van der Waals surface area contributed by atoms with E-state index in [2.05, 4.69) is 39.6 Å². The smallest absolute Gasteiger partial charge is 0.263 e. The van der Waals surface area contributed by atoms with E-state index in [4.69, 9.17) is 4.52 Å². The summed E-state index contributed by atoms with van der Waals surface area (Å²) in [7, 11) is 0. The summed E-state index contributed by atoms with van der Waals surface area (Å²) in [6, 6.07) is 0.486. The van der Waals surface area contributed by atoms with Crippen LogP contribution in [0.4, 0.5) is 5.82 Å². The number of aromatic nitrogens is 3. The van der Waals surface area contributed by atoms with Gasteiger partial charge in [-0.2, -0.15) is 4.98 Å². The van der Waals surface area contributed by atoms with Gasteiger partial charge in [0.2, 0.25) is 0 Å². The van der Waals surface area contributed by atoms with Gasteiger partial charge in [-0.05, 0) is 6.92 Å². The minimum absolute atomic E-state index is 0.486. The molecule has 0 atom stereocenters. The summed E-state index contributed by atoms with van der Waals surface area (Å²) in [5.41, 5.74) is 1.33. The monoisotopic (exact) mass is 235 g/mol. The molecule has 0 amide bonds. The van der Waals surface area contributed by atoms with Gasteiger partial charge in [-0.25, -0.2) is 4.98 Å². The average molecular weight is 235 g/mol. The fraction of sp³-hybridized carbons (Fsp3) is 0.545. The van der Waals surface area contributed by atoms with E-state index in [0.29, 0.717) is 11.8 Å². The molecule has 0 radical (unpaired) electrons. The Bertz CT molecular complexity index is 494. The van der Waals surface area contributed by atoms with Crippen LogP contribution in [0.2, 0.25) is 0 Å². The summed E-state index contributed by atoms with van der Waals surface area (Å²) in [6.07, 6.45) is 1.48. The largest absolute Gasteiger partial charge is 0.368 e. The van der Waals surface area contributed by atoms with Crippen molar-refractivity contribution in [1.82, 2.24) is 20.4 Å². The first-order chi connectivity index (χ1) is 8.18. The fourth-order valence-corrected chi connectivity index (χ4v) is 1.60. The average Bonchev–Trinajstić information content (AvgIpc) is 2.67. The second-order valence-corrected chi connectivity index (χ2v) is 4.21. The van der Waals surface area contributed by atoms with Gasteiger partial charge in [0.15, 0.2) is 0 Å². The van der Waals surface area contributed by atoms with E-state index in [1.165, 1.54) is 6.33 Å². The lowest BCUT2D eigenvalue weighted by molar-refractivity contribution is 0.442. The Morgan fingerprint density at radius 1 is 1.29 bits per heavy atom. The van der Waals surface area contributed by atoms with Crippen molar-refractivity contribution in [2.75, 3.05) is 18.4 Å². The summed E-state index contributed by atoms with van der Waals surface area (Å²) in [4.78, 5) is 8.23. The molecule has 0 aliphatic heterocycles. The third kappa shape index (κ3) is 2.71. The Kier molecular flexibility index (Phi) is 3.53. The Morgan fingerprint density at radius 3 is 2.88 bits per heavy atom. The predicted molar refractivity (Wildman–Crippen MR) is 66.0 cm³/mol. The van der Waals surface area contributed by atoms with E-state index in [-0.39, 0.29) is 0 Å². The quantitative estimate of drug-likeness (QED) is 0.762. The summed E-state index contributed by atoms with van der Waals surface area (Å²) in [6.45, 7) is 7.80. The zero-order chi connectivity index (χ0) is 12.3. The molecular formula is C11H17N5O. The van der Waals surface area contributed by atoms with Gasteiger partial charge >= 0.3 is 0 Å². The lowest BCUT2D eigenvalue weighted by atomic mass is 10.3. The van der Waals surface area contributed by atoms with Crippen LogP contribution in [0.15, 0.2) is 10.9 Å². The van der Waals surface area contributed by atoms with Crippen molar-refractivity contribution >= 4 is 16.9 Å². The van der Waals surface area contributed by atoms with E-state index in [0.717, 1.165) is 30.0 Å². The number of nitrogens with zero attached hydrogens (tertiary/aromatic N) is 3. The van der Waals surface area contributed by atoms with Crippen molar-refractivity contribution < 1.29 is 4.52 Å². The molecule has 92 valence electrons. The van der Waals surface area contributed by atoms with Crippen LogP contribution in [0.3, 0.4) is 0 Å². The molecule has 2 aromatic heterocycles. The molecule has 2 rings (SSSR count). The third-order valence-corrected chi connectivity index (χ3v) is 2.41. The first kappa shape index (κ1) is 11.8. The minimum Gasteiger partial charge on any atom is -0.368 e. The summed E-state index contributed by atoms with van der Waals surface area (Å²) in [5.74, 6) is 0.777. The number of hydrogen-bond acceptors (Lipinski definition) is 6. The summed E-state index contributed by atoms with van der Waals surface area (Å²) in [5, 5.41) is 11.3. The van der Waals surface area contributed by atoms with Crippen molar-refractivity contribution in [3.05, 3.63) is 12.0 Å². The van der Waals surface area contributed by atoms with Crippen molar-refractivity contribution in [3.8, 4) is 0 Å². The number of nitrogens with one attached hydrogen (secondary N) is 2. The Balaban J connectivity index is 2.05. The fourth-order valence-electron chi connectivity index (χ4n) is 1.60. The molecule has 0 aliphatic rings. The highest BCUT2D eigenvalue weighted by atomic mass is 16.5. The second kappa shape index (κ2) is 5.09. The molecule has 6 nitrogen and oxygen atoms in total.